The average Bonchev–Trinajstić information content (AvgIpc) is 2.84. The lowest BCUT2D eigenvalue weighted by atomic mass is 10.1. The smallest absolute Gasteiger partial charge is 0.119 e. The summed E-state index contributed by atoms with van der Waals surface area (Å²) in [5.74, 6) is 1.04. The molecular weight excluding hydrogens is 228 g/mol. The highest BCUT2D eigenvalue weighted by molar-refractivity contribution is 5.79. The quantitative estimate of drug-likeness (QED) is 0.598. The molecule has 1 saturated heterocycles. The molecule has 1 atom stereocenters. The summed E-state index contributed by atoms with van der Waals surface area (Å²) in [6.45, 7) is 1.58. The lowest BCUT2D eigenvalue weighted by Gasteiger charge is -2.11. The van der Waals surface area contributed by atoms with Gasteiger partial charge in [-0.2, -0.15) is 0 Å². The number of nitrogens with one attached hydrogen (secondary N) is 1. The monoisotopic (exact) mass is 248 g/mol. The van der Waals surface area contributed by atoms with E-state index in [1.165, 1.54) is 6.42 Å². The molecule has 1 aromatic rings. The lowest BCUT2D eigenvalue weighted by molar-refractivity contribution is 0.0903. The van der Waals surface area contributed by atoms with Crippen LogP contribution in [0.3, 0.4) is 0 Å². The lowest BCUT2D eigenvalue weighted by Crippen LogP contribution is -2.12. The van der Waals surface area contributed by atoms with Crippen molar-refractivity contribution in [2.24, 2.45) is 5.73 Å². The minimum atomic E-state index is 0.182. The third-order valence-corrected chi connectivity index (χ3v) is 3.05. The van der Waals surface area contributed by atoms with Gasteiger partial charge in [0.1, 0.15) is 5.75 Å². The van der Waals surface area contributed by atoms with Gasteiger partial charge in [0.15, 0.2) is 0 Å². The van der Waals surface area contributed by atoms with E-state index in [0.29, 0.717) is 19.1 Å². The van der Waals surface area contributed by atoms with Crippen LogP contribution in [0, 0.1) is 5.41 Å². The van der Waals surface area contributed by atoms with Crippen molar-refractivity contribution in [2.45, 2.75) is 31.8 Å². The Hall–Kier alpha value is -1.55. The molecule has 1 aromatic carbocycles. The third kappa shape index (κ3) is 4.04. The molecule has 18 heavy (non-hydrogen) atoms. The van der Waals surface area contributed by atoms with Crippen LogP contribution in [0.4, 0.5) is 0 Å². The molecule has 1 aliphatic rings. The second kappa shape index (κ2) is 6.40. The van der Waals surface area contributed by atoms with Gasteiger partial charge < -0.3 is 15.2 Å². The third-order valence-electron chi connectivity index (χ3n) is 3.05. The van der Waals surface area contributed by atoms with Crippen molar-refractivity contribution in [2.75, 3.05) is 13.2 Å². The molecule has 1 heterocycles. The van der Waals surface area contributed by atoms with Gasteiger partial charge in [-0.1, -0.05) is 12.1 Å². The molecule has 0 aliphatic carbocycles. The van der Waals surface area contributed by atoms with E-state index in [0.717, 1.165) is 30.8 Å². The van der Waals surface area contributed by atoms with Crippen LogP contribution in [-0.2, 0) is 11.2 Å². The molecule has 2 rings (SSSR count). The van der Waals surface area contributed by atoms with Gasteiger partial charge in [0, 0.05) is 19.4 Å². The predicted molar refractivity (Wildman–Crippen MR) is 71.1 cm³/mol. The molecule has 0 saturated carbocycles. The molecule has 0 aromatic heterocycles. The van der Waals surface area contributed by atoms with Crippen LogP contribution in [-0.4, -0.2) is 25.2 Å². The Balaban J connectivity index is 1.73. The van der Waals surface area contributed by atoms with Crippen LogP contribution in [0.25, 0.3) is 0 Å². The fraction of sp³-hybridized carbons (Fsp3) is 0.500. The van der Waals surface area contributed by atoms with Gasteiger partial charge >= 0.3 is 0 Å². The first kappa shape index (κ1) is 12.9. The van der Waals surface area contributed by atoms with E-state index >= 15 is 0 Å². The molecule has 0 spiro atoms. The highest BCUT2D eigenvalue weighted by Gasteiger charge is 2.14. The maximum Gasteiger partial charge on any atom is 0.119 e. The van der Waals surface area contributed by atoms with Crippen molar-refractivity contribution < 1.29 is 9.47 Å². The number of ether oxygens (including phenoxy) is 2. The summed E-state index contributed by atoms with van der Waals surface area (Å²) in [5, 5.41) is 7.22. The summed E-state index contributed by atoms with van der Waals surface area (Å²) in [6, 6.07) is 7.74. The molecule has 0 radical (unpaired) electrons. The van der Waals surface area contributed by atoms with Gasteiger partial charge in [-0.25, -0.2) is 0 Å². The van der Waals surface area contributed by atoms with Gasteiger partial charge in [-0.05, 0) is 30.5 Å². The fourth-order valence-corrected chi connectivity index (χ4v) is 2.10. The van der Waals surface area contributed by atoms with Gasteiger partial charge in [-0.3, -0.25) is 5.41 Å². The van der Waals surface area contributed by atoms with E-state index in [1.807, 2.05) is 24.3 Å². The van der Waals surface area contributed by atoms with E-state index < -0.39 is 0 Å². The van der Waals surface area contributed by atoms with E-state index in [4.69, 9.17) is 20.6 Å². The average molecular weight is 248 g/mol. The van der Waals surface area contributed by atoms with Crippen molar-refractivity contribution in [3.63, 3.8) is 0 Å². The SMILES string of the molecule is N=C(N)Cc1ccc(OCCC2CCCO2)cc1. The van der Waals surface area contributed by atoms with Crippen LogP contribution in [0.15, 0.2) is 24.3 Å². The van der Waals surface area contributed by atoms with Crippen molar-refractivity contribution in [1.82, 2.24) is 0 Å². The van der Waals surface area contributed by atoms with Crippen molar-refractivity contribution >= 4 is 5.84 Å². The van der Waals surface area contributed by atoms with Crippen LogP contribution >= 0.6 is 0 Å². The standard InChI is InChI=1S/C14H20N2O2/c15-14(16)10-11-3-5-13(6-4-11)18-9-7-12-2-1-8-17-12/h3-6,12H,1-2,7-10H2,(H3,15,16). The highest BCUT2D eigenvalue weighted by Crippen LogP contribution is 2.17. The first-order valence-electron chi connectivity index (χ1n) is 6.40. The Morgan fingerprint density at radius 1 is 1.39 bits per heavy atom. The van der Waals surface area contributed by atoms with Gasteiger partial charge in [0.25, 0.3) is 0 Å². The first-order valence-corrected chi connectivity index (χ1v) is 6.40. The normalized spacial score (nSPS) is 18.8. The Labute approximate surface area is 108 Å². The zero-order valence-corrected chi connectivity index (χ0v) is 10.5. The highest BCUT2D eigenvalue weighted by atomic mass is 16.5. The number of hydrogen-bond donors (Lipinski definition) is 2. The number of hydrogen-bond acceptors (Lipinski definition) is 3. The van der Waals surface area contributed by atoms with Crippen molar-refractivity contribution in [3.05, 3.63) is 29.8 Å². The minimum absolute atomic E-state index is 0.182. The van der Waals surface area contributed by atoms with Crippen LogP contribution < -0.4 is 10.5 Å². The zero-order valence-electron chi connectivity index (χ0n) is 10.5. The maximum atomic E-state index is 7.22. The summed E-state index contributed by atoms with van der Waals surface area (Å²) >= 11 is 0. The Morgan fingerprint density at radius 2 is 2.17 bits per heavy atom. The second-order valence-corrected chi connectivity index (χ2v) is 4.62. The van der Waals surface area contributed by atoms with Gasteiger partial charge in [0.2, 0.25) is 0 Å². The van der Waals surface area contributed by atoms with E-state index in [1.54, 1.807) is 0 Å². The molecule has 0 amide bonds. The number of nitrogens with two attached hydrogens (primary N) is 1. The van der Waals surface area contributed by atoms with Gasteiger partial charge in [-0.15, -0.1) is 0 Å². The van der Waals surface area contributed by atoms with E-state index in [-0.39, 0.29) is 5.84 Å². The Kier molecular flexibility index (Phi) is 4.59. The van der Waals surface area contributed by atoms with Crippen LogP contribution in [0.1, 0.15) is 24.8 Å². The van der Waals surface area contributed by atoms with Crippen molar-refractivity contribution in [3.8, 4) is 5.75 Å². The van der Waals surface area contributed by atoms with Crippen molar-refractivity contribution in [1.29, 1.82) is 5.41 Å². The largest absolute Gasteiger partial charge is 0.493 e. The van der Waals surface area contributed by atoms with Crippen LogP contribution in [0.5, 0.6) is 5.75 Å². The maximum absolute atomic E-state index is 7.22. The number of rotatable bonds is 6. The topological polar surface area (TPSA) is 68.3 Å². The number of amidine groups is 1. The summed E-state index contributed by atoms with van der Waals surface area (Å²) in [5.41, 5.74) is 6.39. The summed E-state index contributed by atoms with van der Waals surface area (Å²) < 4.78 is 11.2. The van der Waals surface area contributed by atoms with E-state index in [9.17, 15) is 0 Å². The molecule has 4 nitrogen and oxygen atoms in total. The summed E-state index contributed by atoms with van der Waals surface area (Å²) in [6.07, 6.45) is 4.15. The molecule has 4 heteroatoms. The van der Waals surface area contributed by atoms with E-state index in [2.05, 4.69) is 0 Å². The molecule has 3 N–H and O–H groups in total. The first-order chi connectivity index (χ1) is 8.74. The molecule has 1 aliphatic heterocycles. The molecule has 0 bridgehead atoms. The predicted octanol–water partition coefficient (Wildman–Crippen LogP) is 2.11. The zero-order chi connectivity index (χ0) is 12.8. The minimum Gasteiger partial charge on any atom is -0.493 e. The summed E-state index contributed by atoms with van der Waals surface area (Å²) in [7, 11) is 0. The molecule has 1 fully saturated rings. The molecule has 98 valence electrons. The molecular formula is C14H20N2O2. The Bertz CT molecular complexity index is 383. The number of benzene rings is 1. The molecule has 1 unspecified atom stereocenters. The second-order valence-electron chi connectivity index (χ2n) is 4.62. The summed E-state index contributed by atoms with van der Waals surface area (Å²) in [4.78, 5) is 0. The van der Waals surface area contributed by atoms with Gasteiger partial charge in [0.05, 0.1) is 18.5 Å². The Morgan fingerprint density at radius 3 is 2.78 bits per heavy atom. The van der Waals surface area contributed by atoms with Crippen LogP contribution in [0.2, 0.25) is 0 Å². The fourth-order valence-electron chi connectivity index (χ4n) is 2.10.